The molecule has 3 rings (SSSR count). The lowest BCUT2D eigenvalue weighted by Gasteiger charge is -2.15. The largest absolute Gasteiger partial charge is 0.268 e. The van der Waals surface area contributed by atoms with E-state index in [4.69, 9.17) is 11.6 Å². The van der Waals surface area contributed by atoms with Gasteiger partial charge in [0.15, 0.2) is 5.16 Å². The second-order valence-electron chi connectivity index (χ2n) is 6.49. The Labute approximate surface area is 167 Å². The smallest absolute Gasteiger partial charge is 0.266 e. The number of rotatable bonds is 5. The molecule has 0 fully saturated rings. The first kappa shape index (κ1) is 19.5. The van der Waals surface area contributed by atoms with Crippen molar-refractivity contribution in [3.63, 3.8) is 0 Å². The van der Waals surface area contributed by atoms with Crippen molar-refractivity contribution in [1.82, 2.24) is 9.55 Å². The lowest BCUT2D eigenvalue weighted by atomic mass is 9.98. The highest BCUT2D eigenvalue weighted by atomic mass is 35.5. The molecule has 2 aromatic carbocycles. The molecule has 0 radical (unpaired) electrons. The fourth-order valence-corrected chi connectivity index (χ4v) is 3.80. The van der Waals surface area contributed by atoms with E-state index in [9.17, 15) is 10.1 Å². The van der Waals surface area contributed by atoms with E-state index in [0.717, 1.165) is 12.1 Å². The summed E-state index contributed by atoms with van der Waals surface area (Å²) >= 11 is 7.35. The highest BCUT2D eigenvalue weighted by molar-refractivity contribution is 8.00. The van der Waals surface area contributed by atoms with E-state index in [-0.39, 0.29) is 10.8 Å². The molecule has 2 atom stereocenters. The zero-order valence-electron chi connectivity index (χ0n) is 15.4. The van der Waals surface area contributed by atoms with Crippen molar-refractivity contribution in [2.45, 2.75) is 43.5 Å². The van der Waals surface area contributed by atoms with Crippen molar-refractivity contribution in [2.75, 3.05) is 0 Å². The molecule has 2 unspecified atom stereocenters. The minimum atomic E-state index is -0.327. The number of fused-ring (bicyclic) bond motifs is 1. The fourth-order valence-electron chi connectivity index (χ4n) is 2.82. The first-order chi connectivity index (χ1) is 12.9. The zero-order valence-corrected chi connectivity index (χ0v) is 17.0. The quantitative estimate of drug-likeness (QED) is 0.418. The monoisotopic (exact) mass is 397 g/mol. The van der Waals surface area contributed by atoms with Crippen LogP contribution in [0.4, 0.5) is 0 Å². The second-order valence-corrected chi connectivity index (χ2v) is 8.23. The Balaban J connectivity index is 2.22. The standard InChI is InChI=1S/C21H20ClN3OS/c1-4-13(2)15-5-8-17(9-6-15)25-20(26)18-11-16(22)7-10-19(18)24-21(25)27-14(3)12-23/h5-11,13-14H,4H2,1-3H3. The van der Waals surface area contributed by atoms with Crippen molar-refractivity contribution in [3.05, 3.63) is 63.4 Å². The third-order valence-electron chi connectivity index (χ3n) is 4.60. The zero-order chi connectivity index (χ0) is 19.6. The average molecular weight is 398 g/mol. The number of hydrogen-bond donors (Lipinski definition) is 0. The van der Waals surface area contributed by atoms with E-state index in [1.807, 2.05) is 24.3 Å². The maximum atomic E-state index is 13.2. The minimum absolute atomic E-state index is 0.188. The Morgan fingerprint density at radius 3 is 2.56 bits per heavy atom. The van der Waals surface area contributed by atoms with E-state index in [0.29, 0.717) is 27.0 Å². The van der Waals surface area contributed by atoms with Crippen LogP contribution in [0.5, 0.6) is 0 Å². The van der Waals surface area contributed by atoms with Crippen LogP contribution in [0.15, 0.2) is 52.4 Å². The SMILES string of the molecule is CCC(C)c1ccc(-n2c(SC(C)C#N)nc3ccc(Cl)cc3c2=O)cc1. The van der Waals surface area contributed by atoms with Gasteiger partial charge in [0.2, 0.25) is 0 Å². The topological polar surface area (TPSA) is 58.7 Å². The van der Waals surface area contributed by atoms with Gasteiger partial charge in [0.1, 0.15) is 0 Å². The summed E-state index contributed by atoms with van der Waals surface area (Å²) in [6, 6.07) is 15.2. The molecule has 0 amide bonds. The summed E-state index contributed by atoms with van der Waals surface area (Å²) in [5.74, 6) is 0.455. The van der Waals surface area contributed by atoms with E-state index in [2.05, 4.69) is 24.9 Å². The Morgan fingerprint density at radius 1 is 1.22 bits per heavy atom. The van der Waals surface area contributed by atoms with E-state index in [1.54, 1.807) is 29.7 Å². The number of nitriles is 1. The maximum absolute atomic E-state index is 13.2. The number of benzene rings is 2. The first-order valence-electron chi connectivity index (χ1n) is 8.83. The Bertz CT molecular complexity index is 1070. The third kappa shape index (κ3) is 4.02. The number of hydrogen-bond acceptors (Lipinski definition) is 4. The molecule has 0 bridgehead atoms. The molecule has 3 aromatic rings. The minimum Gasteiger partial charge on any atom is -0.268 e. The van der Waals surface area contributed by atoms with Crippen molar-refractivity contribution in [2.24, 2.45) is 0 Å². The molecule has 0 aliphatic carbocycles. The second kappa shape index (κ2) is 8.16. The first-order valence-corrected chi connectivity index (χ1v) is 10.1. The molecular formula is C21H20ClN3OS. The van der Waals surface area contributed by atoms with Crippen LogP contribution in [0.1, 0.15) is 38.7 Å². The molecule has 1 heterocycles. The number of aromatic nitrogens is 2. The van der Waals surface area contributed by atoms with Gasteiger partial charge in [-0.05, 0) is 55.2 Å². The number of halogens is 1. The van der Waals surface area contributed by atoms with Crippen molar-refractivity contribution in [3.8, 4) is 11.8 Å². The molecule has 0 spiro atoms. The summed E-state index contributed by atoms with van der Waals surface area (Å²) in [5, 5.41) is 10.3. The molecule has 1 aromatic heterocycles. The van der Waals surface area contributed by atoms with Gasteiger partial charge in [-0.25, -0.2) is 4.98 Å². The van der Waals surface area contributed by atoms with E-state index < -0.39 is 0 Å². The Hall–Kier alpha value is -2.29. The van der Waals surface area contributed by atoms with Gasteiger partial charge in [0.05, 0.1) is 27.9 Å². The lowest BCUT2D eigenvalue weighted by Crippen LogP contribution is -2.22. The van der Waals surface area contributed by atoms with Gasteiger partial charge in [0, 0.05) is 5.02 Å². The number of nitrogens with zero attached hydrogens (tertiary/aromatic N) is 3. The average Bonchev–Trinajstić information content (AvgIpc) is 2.68. The van der Waals surface area contributed by atoms with E-state index in [1.165, 1.54) is 17.3 Å². The summed E-state index contributed by atoms with van der Waals surface area (Å²) in [5.41, 5.74) is 2.34. The van der Waals surface area contributed by atoms with Gasteiger partial charge in [-0.1, -0.05) is 49.3 Å². The van der Waals surface area contributed by atoms with Gasteiger partial charge in [0.25, 0.3) is 5.56 Å². The maximum Gasteiger partial charge on any atom is 0.266 e. The van der Waals surface area contributed by atoms with E-state index >= 15 is 0 Å². The summed E-state index contributed by atoms with van der Waals surface area (Å²) in [4.78, 5) is 17.8. The van der Waals surface area contributed by atoms with Crippen molar-refractivity contribution in [1.29, 1.82) is 5.26 Å². The predicted octanol–water partition coefficient (Wildman–Crippen LogP) is 5.56. The highest BCUT2D eigenvalue weighted by Gasteiger charge is 2.16. The molecule has 0 saturated heterocycles. The Morgan fingerprint density at radius 2 is 1.93 bits per heavy atom. The normalized spacial score (nSPS) is 13.3. The van der Waals surface area contributed by atoms with Crippen LogP contribution < -0.4 is 5.56 Å². The van der Waals surface area contributed by atoms with Gasteiger partial charge in [-0.15, -0.1) is 0 Å². The van der Waals surface area contributed by atoms with Crippen molar-refractivity contribution < 1.29 is 0 Å². The lowest BCUT2D eigenvalue weighted by molar-refractivity contribution is 0.732. The van der Waals surface area contributed by atoms with Crippen LogP contribution in [0.2, 0.25) is 5.02 Å². The molecular weight excluding hydrogens is 378 g/mol. The predicted molar refractivity (Wildman–Crippen MR) is 112 cm³/mol. The van der Waals surface area contributed by atoms with Crippen LogP contribution in [-0.2, 0) is 0 Å². The van der Waals surface area contributed by atoms with Crippen molar-refractivity contribution >= 4 is 34.3 Å². The molecule has 0 aliphatic rings. The van der Waals surface area contributed by atoms with Crippen LogP contribution in [0, 0.1) is 11.3 Å². The molecule has 0 aliphatic heterocycles. The van der Waals surface area contributed by atoms with Gasteiger partial charge >= 0.3 is 0 Å². The third-order valence-corrected chi connectivity index (χ3v) is 5.77. The summed E-state index contributed by atoms with van der Waals surface area (Å²) in [7, 11) is 0. The summed E-state index contributed by atoms with van der Waals surface area (Å²) in [6.45, 7) is 6.12. The molecule has 0 N–H and O–H groups in total. The van der Waals surface area contributed by atoms with Crippen LogP contribution in [0.25, 0.3) is 16.6 Å². The molecule has 0 saturated carbocycles. The molecule has 27 heavy (non-hydrogen) atoms. The van der Waals surface area contributed by atoms with Gasteiger partial charge < -0.3 is 0 Å². The van der Waals surface area contributed by atoms with Crippen LogP contribution >= 0.6 is 23.4 Å². The van der Waals surface area contributed by atoms with Crippen LogP contribution in [-0.4, -0.2) is 14.8 Å². The Kier molecular flexibility index (Phi) is 5.88. The molecule has 138 valence electrons. The molecule has 4 nitrogen and oxygen atoms in total. The summed E-state index contributed by atoms with van der Waals surface area (Å²) in [6.07, 6.45) is 1.05. The van der Waals surface area contributed by atoms with Gasteiger partial charge in [-0.2, -0.15) is 5.26 Å². The van der Waals surface area contributed by atoms with Crippen LogP contribution in [0.3, 0.4) is 0 Å². The highest BCUT2D eigenvalue weighted by Crippen LogP contribution is 2.27. The summed E-state index contributed by atoms with van der Waals surface area (Å²) < 4.78 is 1.57. The van der Waals surface area contributed by atoms with Gasteiger partial charge in [-0.3, -0.25) is 9.36 Å². The number of thioether (sulfide) groups is 1. The molecule has 6 heteroatoms. The fraction of sp³-hybridized carbons (Fsp3) is 0.286.